The lowest BCUT2D eigenvalue weighted by atomic mass is 10.2. The number of primary amides is 1. The standard InChI is InChI=1S/C12H11F2N3OS/c13-7-1-2-8(14)6(3-7)5-17-10-4-9(15)11(19-10)12(16)18/h1-4,17H,5,15H2,(H2,16,18). The number of hydrogen-bond donors (Lipinski definition) is 3. The van der Waals surface area contributed by atoms with Gasteiger partial charge < -0.3 is 16.8 Å². The van der Waals surface area contributed by atoms with Crippen LogP contribution in [0.3, 0.4) is 0 Å². The summed E-state index contributed by atoms with van der Waals surface area (Å²) in [6.07, 6.45) is 0. The van der Waals surface area contributed by atoms with Gasteiger partial charge in [-0.15, -0.1) is 11.3 Å². The smallest absolute Gasteiger partial charge is 0.260 e. The first-order valence-electron chi connectivity index (χ1n) is 5.34. The molecule has 1 heterocycles. The van der Waals surface area contributed by atoms with Gasteiger partial charge in [-0.1, -0.05) is 0 Å². The number of anilines is 2. The van der Waals surface area contributed by atoms with Gasteiger partial charge in [0, 0.05) is 12.1 Å². The van der Waals surface area contributed by atoms with Crippen molar-refractivity contribution in [2.45, 2.75) is 6.54 Å². The van der Waals surface area contributed by atoms with Crippen molar-refractivity contribution in [1.82, 2.24) is 0 Å². The second kappa shape index (κ2) is 5.23. The Labute approximate surface area is 112 Å². The fourth-order valence-corrected chi connectivity index (χ4v) is 2.37. The van der Waals surface area contributed by atoms with Gasteiger partial charge in [-0.05, 0) is 24.3 Å². The third-order valence-electron chi connectivity index (χ3n) is 2.45. The molecule has 0 atom stereocenters. The molecule has 7 heteroatoms. The number of rotatable bonds is 4. The van der Waals surface area contributed by atoms with Gasteiger partial charge in [0.15, 0.2) is 0 Å². The maximum Gasteiger partial charge on any atom is 0.260 e. The van der Waals surface area contributed by atoms with Crippen LogP contribution in [-0.4, -0.2) is 5.91 Å². The molecular weight excluding hydrogens is 272 g/mol. The van der Waals surface area contributed by atoms with Gasteiger partial charge >= 0.3 is 0 Å². The maximum atomic E-state index is 13.4. The molecule has 5 N–H and O–H groups in total. The minimum Gasteiger partial charge on any atom is -0.397 e. The first-order valence-corrected chi connectivity index (χ1v) is 6.16. The minimum absolute atomic E-state index is 0.0851. The van der Waals surface area contributed by atoms with Crippen LogP contribution < -0.4 is 16.8 Å². The summed E-state index contributed by atoms with van der Waals surface area (Å²) < 4.78 is 26.4. The van der Waals surface area contributed by atoms with E-state index in [-0.39, 0.29) is 22.7 Å². The van der Waals surface area contributed by atoms with Crippen LogP contribution in [0, 0.1) is 11.6 Å². The van der Waals surface area contributed by atoms with Crippen LogP contribution in [0.2, 0.25) is 0 Å². The number of halogens is 2. The number of carbonyl (C=O) groups is 1. The van der Waals surface area contributed by atoms with Crippen molar-refractivity contribution < 1.29 is 13.6 Å². The number of hydrogen-bond acceptors (Lipinski definition) is 4. The molecule has 2 rings (SSSR count). The predicted octanol–water partition coefficient (Wildman–Crippen LogP) is 2.32. The SMILES string of the molecule is NC(=O)c1sc(NCc2cc(F)ccc2F)cc1N. The van der Waals surface area contributed by atoms with Gasteiger partial charge in [0.2, 0.25) is 0 Å². The van der Waals surface area contributed by atoms with Crippen molar-refractivity contribution in [3.8, 4) is 0 Å². The van der Waals surface area contributed by atoms with Crippen LogP contribution in [0.5, 0.6) is 0 Å². The molecule has 100 valence electrons. The van der Waals surface area contributed by atoms with Gasteiger partial charge in [-0.2, -0.15) is 0 Å². The van der Waals surface area contributed by atoms with Crippen molar-refractivity contribution in [1.29, 1.82) is 0 Å². The van der Waals surface area contributed by atoms with E-state index in [2.05, 4.69) is 5.32 Å². The lowest BCUT2D eigenvalue weighted by Crippen LogP contribution is -2.10. The highest BCUT2D eigenvalue weighted by molar-refractivity contribution is 7.18. The third kappa shape index (κ3) is 3.00. The molecule has 0 aliphatic rings. The molecule has 0 fully saturated rings. The Balaban J connectivity index is 2.12. The van der Waals surface area contributed by atoms with E-state index in [0.29, 0.717) is 5.00 Å². The van der Waals surface area contributed by atoms with E-state index in [0.717, 1.165) is 29.5 Å². The van der Waals surface area contributed by atoms with Crippen molar-refractivity contribution >= 4 is 27.9 Å². The second-order valence-electron chi connectivity index (χ2n) is 3.85. The Bertz CT molecular complexity index is 627. The summed E-state index contributed by atoms with van der Waals surface area (Å²) in [7, 11) is 0. The topological polar surface area (TPSA) is 81.1 Å². The van der Waals surface area contributed by atoms with Crippen LogP contribution in [0.25, 0.3) is 0 Å². The van der Waals surface area contributed by atoms with Crippen molar-refractivity contribution in [3.63, 3.8) is 0 Å². The summed E-state index contributed by atoms with van der Waals surface area (Å²) >= 11 is 1.07. The summed E-state index contributed by atoms with van der Waals surface area (Å²) in [5.74, 6) is -1.64. The Hall–Kier alpha value is -2.15. The quantitative estimate of drug-likeness (QED) is 0.805. The van der Waals surface area contributed by atoms with Crippen molar-refractivity contribution in [2.24, 2.45) is 5.73 Å². The van der Waals surface area contributed by atoms with Crippen LogP contribution in [0.15, 0.2) is 24.3 Å². The molecule has 0 aliphatic heterocycles. The van der Waals surface area contributed by atoms with Gasteiger partial charge in [0.1, 0.15) is 16.5 Å². The molecule has 0 saturated carbocycles. The summed E-state index contributed by atoms with van der Waals surface area (Å²) in [6, 6.07) is 4.74. The third-order valence-corrected chi connectivity index (χ3v) is 3.57. The molecule has 0 bridgehead atoms. The number of nitrogens with one attached hydrogen (secondary N) is 1. The van der Waals surface area contributed by atoms with Gasteiger partial charge in [0.25, 0.3) is 5.91 Å². The maximum absolute atomic E-state index is 13.4. The van der Waals surface area contributed by atoms with E-state index in [1.54, 1.807) is 0 Å². The fourth-order valence-electron chi connectivity index (χ4n) is 1.55. The van der Waals surface area contributed by atoms with E-state index >= 15 is 0 Å². The summed E-state index contributed by atoms with van der Waals surface area (Å²) in [5.41, 5.74) is 11.2. The van der Waals surface area contributed by atoms with E-state index in [1.807, 2.05) is 0 Å². The first-order chi connectivity index (χ1) is 8.97. The molecule has 1 aromatic heterocycles. The van der Waals surface area contributed by atoms with E-state index in [4.69, 9.17) is 11.5 Å². The normalized spacial score (nSPS) is 10.4. The van der Waals surface area contributed by atoms with Gasteiger partial charge in [-0.25, -0.2) is 8.78 Å². The molecule has 0 radical (unpaired) electrons. The average Bonchev–Trinajstić information content (AvgIpc) is 2.72. The minimum atomic E-state index is -0.618. The first kappa shape index (κ1) is 13.3. The molecule has 2 aromatic rings. The number of nitrogen functional groups attached to an aromatic ring is 1. The van der Waals surface area contributed by atoms with Crippen LogP contribution in [0.1, 0.15) is 15.2 Å². The molecule has 0 aliphatic carbocycles. The van der Waals surface area contributed by atoms with Crippen molar-refractivity contribution in [3.05, 3.63) is 46.3 Å². The molecular formula is C12H11F2N3OS. The fraction of sp³-hybridized carbons (Fsp3) is 0.0833. The highest BCUT2D eigenvalue weighted by Crippen LogP contribution is 2.29. The largest absolute Gasteiger partial charge is 0.397 e. The molecule has 0 unspecified atom stereocenters. The summed E-state index contributed by atoms with van der Waals surface area (Å²) in [4.78, 5) is 11.3. The Morgan fingerprint density at radius 3 is 2.68 bits per heavy atom. The zero-order valence-electron chi connectivity index (χ0n) is 9.74. The number of thiophene rings is 1. The van der Waals surface area contributed by atoms with Gasteiger partial charge in [0.05, 0.1) is 10.7 Å². The molecule has 0 saturated heterocycles. The number of amides is 1. The number of carbonyl (C=O) groups excluding carboxylic acids is 1. The number of benzene rings is 1. The van der Waals surface area contributed by atoms with Crippen LogP contribution in [-0.2, 0) is 6.54 Å². The molecule has 0 spiro atoms. The monoisotopic (exact) mass is 283 g/mol. The van der Waals surface area contributed by atoms with E-state index in [1.165, 1.54) is 6.07 Å². The lowest BCUT2D eigenvalue weighted by molar-refractivity contribution is 0.100. The Morgan fingerprint density at radius 1 is 1.32 bits per heavy atom. The molecule has 4 nitrogen and oxygen atoms in total. The predicted molar refractivity (Wildman–Crippen MR) is 70.9 cm³/mol. The van der Waals surface area contributed by atoms with Crippen LogP contribution >= 0.6 is 11.3 Å². The number of nitrogens with two attached hydrogens (primary N) is 2. The molecule has 1 amide bonds. The highest BCUT2D eigenvalue weighted by Gasteiger charge is 2.11. The van der Waals surface area contributed by atoms with E-state index < -0.39 is 17.5 Å². The Kier molecular flexibility index (Phi) is 3.66. The highest BCUT2D eigenvalue weighted by atomic mass is 32.1. The Morgan fingerprint density at radius 2 is 2.05 bits per heavy atom. The van der Waals surface area contributed by atoms with Crippen molar-refractivity contribution in [2.75, 3.05) is 11.1 Å². The van der Waals surface area contributed by atoms with E-state index in [9.17, 15) is 13.6 Å². The van der Waals surface area contributed by atoms with Crippen LogP contribution in [0.4, 0.5) is 19.5 Å². The molecule has 1 aromatic carbocycles. The lowest BCUT2D eigenvalue weighted by Gasteiger charge is -2.05. The second-order valence-corrected chi connectivity index (χ2v) is 4.90. The zero-order valence-corrected chi connectivity index (χ0v) is 10.6. The summed E-state index contributed by atoms with van der Waals surface area (Å²) in [5, 5.41) is 3.43. The zero-order chi connectivity index (χ0) is 14.0. The average molecular weight is 283 g/mol. The summed E-state index contributed by atoms with van der Waals surface area (Å²) in [6.45, 7) is 0.0851. The molecule has 19 heavy (non-hydrogen) atoms. The van der Waals surface area contributed by atoms with Gasteiger partial charge in [-0.3, -0.25) is 4.79 Å².